The van der Waals surface area contributed by atoms with E-state index in [1.165, 1.54) is 12.1 Å². The maximum atomic E-state index is 12.9. The van der Waals surface area contributed by atoms with E-state index < -0.39 is 0 Å². The number of fused-ring (bicyclic) bond motifs is 1. The molecule has 8 heteroatoms. The molecule has 0 saturated heterocycles. The maximum absolute atomic E-state index is 12.9. The van der Waals surface area contributed by atoms with Gasteiger partial charge in [0.15, 0.2) is 0 Å². The molecule has 0 spiro atoms. The van der Waals surface area contributed by atoms with Crippen LogP contribution in [0, 0.1) is 5.82 Å². The Morgan fingerprint density at radius 2 is 1.89 bits per heavy atom. The van der Waals surface area contributed by atoms with Crippen molar-refractivity contribution in [1.29, 1.82) is 0 Å². The molecule has 7 nitrogen and oxygen atoms in total. The van der Waals surface area contributed by atoms with E-state index in [1.807, 2.05) is 35.0 Å². The number of hydrogen-bond donors (Lipinski definition) is 3. The molecule has 1 heterocycles. The molecule has 0 unspecified atom stereocenters. The van der Waals surface area contributed by atoms with E-state index in [0.29, 0.717) is 12.2 Å². The predicted molar refractivity (Wildman–Crippen MR) is 106 cm³/mol. The molecule has 3 aromatic rings. The summed E-state index contributed by atoms with van der Waals surface area (Å²) in [5, 5.41) is 7.83. The fraction of sp³-hybridized carbons (Fsp3) is 0.150. The molecule has 3 rings (SSSR count). The molecule has 0 atom stereocenters. The normalized spacial score (nSPS) is 11.0. The minimum Gasteiger partial charge on any atom is -0.376 e. The van der Waals surface area contributed by atoms with E-state index in [-0.39, 0.29) is 30.6 Å². The Hall–Kier alpha value is -3.68. The zero-order chi connectivity index (χ0) is 19.9. The number of hydrazone groups is 1. The summed E-state index contributed by atoms with van der Waals surface area (Å²) in [6, 6.07) is 13.4. The molecule has 28 heavy (non-hydrogen) atoms. The van der Waals surface area contributed by atoms with Crippen LogP contribution in [0.2, 0.25) is 0 Å². The SMILES string of the molecule is NC(=O)CCn1cc(/C=N\NC(=O)CNc2ccc(F)cc2)c2ccccc21. The smallest absolute Gasteiger partial charge is 0.259 e. The van der Waals surface area contributed by atoms with Crippen LogP contribution in [0.15, 0.2) is 59.8 Å². The lowest BCUT2D eigenvalue weighted by Gasteiger charge is -2.04. The van der Waals surface area contributed by atoms with E-state index in [0.717, 1.165) is 16.5 Å². The highest BCUT2D eigenvalue weighted by molar-refractivity contribution is 5.99. The molecular weight excluding hydrogens is 361 g/mol. The quantitative estimate of drug-likeness (QED) is 0.412. The summed E-state index contributed by atoms with van der Waals surface area (Å²) in [6.45, 7) is 0.473. The van der Waals surface area contributed by atoms with Crippen LogP contribution in [0.4, 0.5) is 10.1 Å². The summed E-state index contributed by atoms with van der Waals surface area (Å²) in [5.41, 5.74) is 10.1. The van der Waals surface area contributed by atoms with Gasteiger partial charge in [-0.3, -0.25) is 9.59 Å². The fourth-order valence-corrected chi connectivity index (χ4v) is 2.76. The number of aromatic nitrogens is 1. The molecule has 0 bridgehead atoms. The number of halogens is 1. The Kier molecular flexibility index (Phi) is 6.01. The van der Waals surface area contributed by atoms with Gasteiger partial charge in [-0.15, -0.1) is 0 Å². The fourth-order valence-electron chi connectivity index (χ4n) is 2.76. The highest BCUT2D eigenvalue weighted by atomic mass is 19.1. The summed E-state index contributed by atoms with van der Waals surface area (Å²) < 4.78 is 14.8. The van der Waals surface area contributed by atoms with Gasteiger partial charge in [-0.25, -0.2) is 9.82 Å². The van der Waals surface area contributed by atoms with Gasteiger partial charge >= 0.3 is 0 Å². The zero-order valence-corrected chi connectivity index (χ0v) is 15.1. The second-order valence-electron chi connectivity index (χ2n) is 6.16. The number of rotatable bonds is 8. The second kappa shape index (κ2) is 8.81. The first-order valence-corrected chi connectivity index (χ1v) is 8.70. The summed E-state index contributed by atoms with van der Waals surface area (Å²) >= 11 is 0. The number of aryl methyl sites for hydroxylation is 1. The summed E-state index contributed by atoms with van der Waals surface area (Å²) in [7, 11) is 0. The van der Waals surface area contributed by atoms with Gasteiger partial charge in [-0.1, -0.05) is 18.2 Å². The van der Waals surface area contributed by atoms with Crippen molar-refractivity contribution in [2.24, 2.45) is 10.8 Å². The number of benzene rings is 2. The molecule has 4 N–H and O–H groups in total. The van der Waals surface area contributed by atoms with Crippen LogP contribution in [-0.4, -0.2) is 29.1 Å². The summed E-state index contributed by atoms with van der Waals surface area (Å²) in [4.78, 5) is 23.0. The minimum absolute atomic E-state index is 0.00332. The van der Waals surface area contributed by atoms with Crippen molar-refractivity contribution in [1.82, 2.24) is 9.99 Å². The van der Waals surface area contributed by atoms with E-state index in [1.54, 1.807) is 18.3 Å². The Bertz CT molecular complexity index is 1010. The van der Waals surface area contributed by atoms with Crippen LogP contribution in [0.1, 0.15) is 12.0 Å². The largest absolute Gasteiger partial charge is 0.376 e. The third kappa shape index (κ3) is 4.94. The minimum atomic E-state index is -0.367. The molecule has 2 amide bonds. The van der Waals surface area contributed by atoms with E-state index >= 15 is 0 Å². The first-order chi connectivity index (χ1) is 13.5. The maximum Gasteiger partial charge on any atom is 0.259 e. The van der Waals surface area contributed by atoms with E-state index in [4.69, 9.17) is 5.73 Å². The topological polar surface area (TPSA) is 102 Å². The van der Waals surface area contributed by atoms with Gasteiger partial charge in [-0.2, -0.15) is 5.10 Å². The van der Waals surface area contributed by atoms with Crippen LogP contribution in [0.3, 0.4) is 0 Å². The number of nitrogens with two attached hydrogens (primary N) is 1. The first-order valence-electron chi connectivity index (χ1n) is 8.70. The van der Waals surface area contributed by atoms with Gasteiger partial charge in [-0.05, 0) is 30.3 Å². The van der Waals surface area contributed by atoms with Gasteiger partial charge in [0, 0.05) is 41.3 Å². The first kappa shape index (κ1) is 19.1. The van der Waals surface area contributed by atoms with Crippen molar-refractivity contribution in [3.8, 4) is 0 Å². The van der Waals surface area contributed by atoms with Gasteiger partial charge in [0.1, 0.15) is 5.82 Å². The van der Waals surface area contributed by atoms with Crippen molar-refractivity contribution in [2.45, 2.75) is 13.0 Å². The van der Waals surface area contributed by atoms with Crippen LogP contribution in [0.25, 0.3) is 10.9 Å². The predicted octanol–water partition coefficient (Wildman–Crippen LogP) is 2.22. The number of amides is 2. The Morgan fingerprint density at radius 3 is 2.64 bits per heavy atom. The molecule has 0 aliphatic rings. The van der Waals surface area contributed by atoms with Crippen molar-refractivity contribution in [3.63, 3.8) is 0 Å². The monoisotopic (exact) mass is 381 g/mol. The van der Waals surface area contributed by atoms with E-state index in [9.17, 15) is 14.0 Å². The highest BCUT2D eigenvalue weighted by Gasteiger charge is 2.07. The molecule has 0 aliphatic carbocycles. The summed E-state index contributed by atoms with van der Waals surface area (Å²) in [5.74, 6) is -1.04. The molecule has 0 radical (unpaired) electrons. The van der Waals surface area contributed by atoms with Gasteiger partial charge < -0.3 is 15.6 Å². The molecule has 2 aromatic carbocycles. The third-order valence-corrected chi connectivity index (χ3v) is 4.11. The second-order valence-corrected chi connectivity index (χ2v) is 6.16. The van der Waals surface area contributed by atoms with Crippen LogP contribution in [-0.2, 0) is 16.1 Å². The number of hydrogen-bond acceptors (Lipinski definition) is 4. The molecule has 0 fully saturated rings. The van der Waals surface area contributed by atoms with Crippen molar-refractivity contribution >= 4 is 34.6 Å². The number of carbonyl (C=O) groups is 2. The Morgan fingerprint density at radius 1 is 1.14 bits per heavy atom. The van der Waals surface area contributed by atoms with Gasteiger partial charge in [0.25, 0.3) is 5.91 Å². The average Bonchev–Trinajstić information content (AvgIpc) is 3.04. The number of nitrogens with zero attached hydrogens (tertiary/aromatic N) is 2. The van der Waals surface area contributed by atoms with E-state index in [2.05, 4.69) is 15.8 Å². The molecular formula is C20H20FN5O2. The Labute approximate surface area is 161 Å². The summed E-state index contributed by atoms with van der Waals surface area (Å²) in [6.07, 6.45) is 3.65. The highest BCUT2D eigenvalue weighted by Crippen LogP contribution is 2.20. The molecule has 144 valence electrons. The lowest BCUT2D eigenvalue weighted by atomic mass is 10.2. The lowest BCUT2D eigenvalue weighted by Crippen LogP contribution is -2.25. The average molecular weight is 381 g/mol. The molecule has 0 aliphatic heterocycles. The number of anilines is 1. The van der Waals surface area contributed by atoms with Crippen LogP contribution < -0.4 is 16.5 Å². The van der Waals surface area contributed by atoms with Gasteiger partial charge in [0.2, 0.25) is 5.91 Å². The Balaban J connectivity index is 1.61. The standard InChI is InChI=1S/C20H20FN5O2/c21-15-5-7-16(8-6-15)23-12-20(28)25-24-11-14-13-26(10-9-19(22)27)18-4-2-1-3-17(14)18/h1-8,11,13,23H,9-10,12H2,(H2,22,27)(H,25,28)/b24-11-. The lowest BCUT2D eigenvalue weighted by molar-refractivity contribution is -0.119. The van der Waals surface area contributed by atoms with Crippen molar-refractivity contribution in [2.75, 3.05) is 11.9 Å². The third-order valence-electron chi connectivity index (χ3n) is 4.11. The molecule has 0 saturated carbocycles. The number of nitrogens with one attached hydrogen (secondary N) is 2. The number of para-hydroxylation sites is 1. The number of carbonyl (C=O) groups excluding carboxylic acids is 2. The van der Waals surface area contributed by atoms with Crippen LogP contribution in [0.5, 0.6) is 0 Å². The van der Waals surface area contributed by atoms with Crippen LogP contribution >= 0.6 is 0 Å². The van der Waals surface area contributed by atoms with Gasteiger partial charge in [0.05, 0.1) is 12.8 Å². The number of primary amides is 1. The van der Waals surface area contributed by atoms with Crippen molar-refractivity contribution in [3.05, 3.63) is 66.1 Å². The van der Waals surface area contributed by atoms with Crippen molar-refractivity contribution < 1.29 is 14.0 Å². The molecule has 1 aromatic heterocycles. The zero-order valence-electron chi connectivity index (χ0n) is 15.1.